The number of aryl methyl sites for hydroxylation is 1. The SMILES string of the molecule is CC[C@@H](CC(=O)OCOC(=O)Cc1ccc(OP(=O)(OCc2ccccc2)OCc2ccccc2)cc1)c1ccc(N(CC(C)C)CC(C)C)c(NC(=O)Nc2ccc(C)cc2)c1. The highest BCUT2D eigenvalue weighted by Gasteiger charge is 2.29. The molecule has 2 N–H and O–H groups in total. The Hall–Kier alpha value is -5.94. The topological polar surface area (TPSA) is 142 Å². The van der Waals surface area contributed by atoms with Crippen LogP contribution in [0.5, 0.6) is 5.75 Å². The van der Waals surface area contributed by atoms with Crippen LogP contribution in [0.25, 0.3) is 0 Å². The average molecular weight is 878 g/mol. The minimum Gasteiger partial charge on any atom is -0.428 e. The van der Waals surface area contributed by atoms with E-state index in [1.807, 2.05) is 117 Å². The maximum absolute atomic E-state index is 13.7. The number of carbonyl (C=O) groups excluding carboxylic acids is 3. The summed E-state index contributed by atoms with van der Waals surface area (Å²) in [5.41, 5.74) is 6.36. The molecule has 13 heteroatoms. The highest BCUT2D eigenvalue weighted by atomic mass is 31.2. The lowest BCUT2D eigenvalue weighted by atomic mass is 9.92. The van der Waals surface area contributed by atoms with Crippen molar-refractivity contribution in [3.8, 4) is 5.75 Å². The summed E-state index contributed by atoms with van der Waals surface area (Å²) in [6, 6.07) is 38.1. The lowest BCUT2D eigenvalue weighted by Gasteiger charge is -2.31. The molecule has 0 aliphatic heterocycles. The second kappa shape index (κ2) is 24.1. The second-order valence-electron chi connectivity index (χ2n) is 16.3. The van der Waals surface area contributed by atoms with E-state index in [0.29, 0.717) is 35.2 Å². The van der Waals surface area contributed by atoms with Crippen LogP contribution in [0.4, 0.5) is 21.9 Å². The van der Waals surface area contributed by atoms with Crippen molar-refractivity contribution in [2.75, 3.05) is 35.4 Å². The quantitative estimate of drug-likeness (QED) is 0.0370. The summed E-state index contributed by atoms with van der Waals surface area (Å²) in [5, 5.41) is 6.00. The maximum atomic E-state index is 13.7. The molecule has 0 spiro atoms. The van der Waals surface area contributed by atoms with Crippen molar-refractivity contribution < 1.29 is 42.0 Å². The van der Waals surface area contributed by atoms with Crippen molar-refractivity contribution in [1.29, 1.82) is 0 Å². The molecule has 0 saturated carbocycles. The highest BCUT2D eigenvalue weighted by Crippen LogP contribution is 2.51. The molecule has 0 saturated heterocycles. The molecule has 12 nitrogen and oxygen atoms in total. The Bertz CT molecular complexity index is 2200. The lowest BCUT2D eigenvalue weighted by Crippen LogP contribution is -2.32. The van der Waals surface area contributed by atoms with Gasteiger partial charge in [-0.3, -0.25) is 18.6 Å². The van der Waals surface area contributed by atoms with Gasteiger partial charge in [0.15, 0.2) is 0 Å². The molecular weight excluding hydrogens is 818 g/mol. The Kier molecular flexibility index (Phi) is 18.4. The summed E-state index contributed by atoms with van der Waals surface area (Å²) in [5.74, 6) is -0.365. The number of nitrogens with one attached hydrogen (secondary N) is 2. The van der Waals surface area contributed by atoms with Gasteiger partial charge in [0.25, 0.3) is 0 Å². The number of phosphoric ester groups is 1. The number of esters is 2. The molecule has 0 fully saturated rings. The van der Waals surface area contributed by atoms with Crippen LogP contribution in [-0.2, 0) is 52.3 Å². The van der Waals surface area contributed by atoms with E-state index in [-0.39, 0.29) is 43.8 Å². The number of benzene rings is 5. The minimum absolute atomic E-state index is 0.0114. The Balaban J connectivity index is 1.16. The van der Waals surface area contributed by atoms with Crippen LogP contribution < -0.4 is 20.1 Å². The van der Waals surface area contributed by atoms with E-state index in [9.17, 15) is 18.9 Å². The molecule has 0 aliphatic rings. The number of rotatable bonds is 23. The zero-order chi connectivity index (χ0) is 45.2. The third-order valence-corrected chi connectivity index (χ3v) is 11.2. The summed E-state index contributed by atoms with van der Waals surface area (Å²) < 4.78 is 41.6. The van der Waals surface area contributed by atoms with Gasteiger partial charge in [-0.1, -0.05) is 131 Å². The summed E-state index contributed by atoms with van der Waals surface area (Å²) >= 11 is 0. The first-order valence-corrected chi connectivity index (χ1v) is 22.8. The molecule has 0 radical (unpaired) electrons. The van der Waals surface area contributed by atoms with Crippen molar-refractivity contribution in [1.82, 2.24) is 0 Å². The molecule has 334 valence electrons. The van der Waals surface area contributed by atoms with E-state index < -0.39 is 26.6 Å². The van der Waals surface area contributed by atoms with Gasteiger partial charge in [-0.25, -0.2) is 9.36 Å². The van der Waals surface area contributed by atoms with E-state index in [0.717, 1.165) is 41.0 Å². The minimum atomic E-state index is -4.07. The first kappa shape index (κ1) is 48.1. The highest BCUT2D eigenvalue weighted by molar-refractivity contribution is 7.48. The molecule has 0 heterocycles. The number of anilines is 3. The normalized spacial score (nSPS) is 11.8. The standard InChI is InChI=1S/C50H60N3O9P/c1-7-42(43-22-27-47(53(31-36(2)3)32-37(4)5)46(29-43)52-50(56)51-44-23-18-38(6)19-24-44)30-49(55)59-35-58-48(54)28-39-20-25-45(26-21-39)62-63(57,60-33-40-14-10-8-11-15-40)61-34-41-16-12-9-13-17-41/h8-27,29,36-37,42H,7,28,30-35H2,1-6H3,(H2,51,52,56)/t42-/m0/s1. The molecule has 1 atom stereocenters. The van der Waals surface area contributed by atoms with Crippen LogP contribution in [0.3, 0.4) is 0 Å². The smallest absolute Gasteiger partial charge is 0.428 e. The monoisotopic (exact) mass is 877 g/mol. The van der Waals surface area contributed by atoms with Gasteiger partial charge < -0.3 is 29.5 Å². The van der Waals surface area contributed by atoms with Gasteiger partial charge in [-0.15, -0.1) is 0 Å². The Morgan fingerprint density at radius 3 is 1.79 bits per heavy atom. The number of carbonyl (C=O) groups is 3. The fourth-order valence-corrected chi connectivity index (χ4v) is 7.91. The number of phosphoric acid groups is 1. The number of urea groups is 1. The molecule has 63 heavy (non-hydrogen) atoms. The number of nitrogens with zero attached hydrogens (tertiary/aromatic N) is 1. The van der Waals surface area contributed by atoms with Crippen molar-refractivity contribution in [3.05, 3.63) is 155 Å². The first-order chi connectivity index (χ1) is 30.3. The van der Waals surface area contributed by atoms with E-state index in [1.54, 1.807) is 24.3 Å². The third-order valence-electron chi connectivity index (χ3n) is 9.86. The van der Waals surface area contributed by atoms with Crippen molar-refractivity contribution in [3.63, 3.8) is 0 Å². The van der Waals surface area contributed by atoms with Gasteiger partial charge in [0, 0.05) is 18.8 Å². The number of hydrogen-bond acceptors (Lipinski definition) is 10. The van der Waals surface area contributed by atoms with Gasteiger partial charge in [0.05, 0.1) is 37.4 Å². The predicted octanol–water partition coefficient (Wildman–Crippen LogP) is 11.8. The fraction of sp³-hybridized carbons (Fsp3) is 0.340. The van der Waals surface area contributed by atoms with Gasteiger partial charge >= 0.3 is 25.8 Å². The Labute approximate surface area is 371 Å². The van der Waals surface area contributed by atoms with Crippen LogP contribution in [0.1, 0.15) is 81.2 Å². The molecule has 0 bridgehead atoms. The molecule has 0 aliphatic carbocycles. The fourth-order valence-electron chi connectivity index (χ4n) is 6.74. The van der Waals surface area contributed by atoms with Crippen LogP contribution >= 0.6 is 7.82 Å². The third kappa shape index (κ3) is 16.4. The van der Waals surface area contributed by atoms with E-state index >= 15 is 0 Å². The zero-order valence-corrected chi connectivity index (χ0v) is 38.0. The Morgan fingerprint density at radius 1 is 0.667 bits per heavy atom. The molecule has 5 aromatic carbocycles. The first-order valence-electron chi connectivity index (χ1n) is 21.4. The molecule has 2 amide bonds. The second-order valence-corrected chi connectivity index (χ2v) is 17.8. The van der Waals surface area contributed by atoms with E-state index in [4.69, 9.17) is 23.0 Å². The number of amides is 2. The van der Waals surface area contributed by atoms with Crippen LogP contribution in [0.15, 0.2) is 127 Å². The van der Waals surface area contributed by atoms with Gasteiger partial charge in [-0.2, -0.15) is 0 Å². The largest absolute Gasteiger partial charge is 0.530 e. The average Bonchev–Trinajstić information content (AvgIpc) is 3.26. The maximum Gasteiger partial charge on any atom is 0.530 e. The summed E-state index contributed by atoms with van der Waals surface area (Å²) in [4.78, 5) is 41.4. The van der Waals surface area contributed by atoms with Gasteiger partial charge in [0.2, 0.25) is 6.79 Å². The molecular formula is C50H60N3O9P. The predicted molar refractivity (Wildman–Crippen MR) is 248 cm³/mol. The van der Waals surface area contributed by atoms with Crippen LogP contribution in [0, 0.1) is 18.8 Å². The molecule has 0 aromatic heterocycles. The molecule has 5 aromatic rings. The molecule has 0 unspecified atom stereocenters. The van der Waals surface area contributed by atoms with E-state index in [1.165, 1.54) is 0 Å². The summed E-state index contributed by atoms with van der Waals surface area (Å²) in [6.07, 6.45) is 0.560. The molecule has 5 rings (SSSR count). The van der Waals surface area contributed by atoms with Crippen LogP contribution in [0.2, 0.25) is 0 Å². The Morgan fingerprint density at radius 2 is 1.24 bits per heavy atom. The van der Waals surface area contributed by atoms with E-state index in [2.05, 4.69) is 43.2 Å². The van der Waals surface area contributed by atoms with Crippen molar-refractivity contribution in [2.45, 2.75) is 79.9 Å². The zero-order valence-electron chi connectivity index (χ0n) is 37.1. The number of ether oxygens (including phenoxy) is 2. The van der Waals surface area contributed by atoms with Gasteiger partial charge in [-0.05, 0) is 89.8 Å². The number of hydrogen-bond donors (Lipinski definition) is 2. The lowest BCUT2D eigenvalue weighted by molar-refractivity contribution is -0.167. The summed E-state index contributed by atoms with van der Waals surface area (Å²) in [6.45, 7) is 13.7. The van der Waals surface area contributed by atoms with Gasteiger partial charge in [0.1, 0.15) is 5.75 Å². The van der Waals surface area contributed by atoms with Crippen molar-refractivity contribution in [2.24, 2.45) is 11.8 Å². The summed E-state index contributed by atoms with van der Waals surface area (Å²) in [7, 11) is -4.07. The van der Waals surface area contributed by atoms with Crippen molar-refractivity contribution >= 4 is 42.9 Å². The van der Waals surface area contributed by atoms with Crippen LogP contribution in [-0.4, -0.2) is 37.9 Å².